The Bertz CT molecular complexity index is 744. The summed E-state index contributed by atoms with van der Waals surface area (Å²) in [6.45, 7) is 4.01. The number of nitrogens with one attached hydrogen (secondary N) is 1. The summed E-state index contributed by atoms with van der Waals surface area (Å²) in [6, 6.07) is 12.6. The molecule has 3 saturated heterocycles. The highest BCUT2D eigenvalue weighted by Gasteiger charge is 2.37. The van der Waals surface area contributed by atoms with Crippen molar-refractivity contribution in [2.75, 3.05) is 31.9 Å². The van der Waals surface area contributed by atoms with Gasteiger partial charge in [-0.1, -0.05) is 30.3 Å². The van der Waals surface area contributed by atoms with Crippen molar-refractivity contribution in [3.05, 3.63) is 47.7 Å². The van der Waals surface area contributed by atoms with Crippen LogP contribution in [0.1, 0.15) is 35.3 Å². The summed E-state index contributed by atoms with van der Waals surface area (Å²) in [7, 11) is 0. The molecule has 4 heterocycles. The van der Waals surface area contributed by atoms with Gasteiger partial charge >= 0.3 is 0 Å². The molecule has 0 saturated carbocycles. The first kappa shape index (κ1) is 17.1. The average molecular weight is 353 g/mol. The van der Waals surface area contributed by atoms with Crippen LogP contribution in [0.25, 0.3) is 0 Å². The van der Waals surface area contributed by atoms with Crippen molar-refractivity contribution in [1.29, 1.82) is 0 Å². The number of aromatic nitrogens is 2. The number of fused-ring (bicyclic) bond motifs is 4. The summed E-state index contributed by atoms with van der Waals surface area (Å²) >= 11 is 0. The van der Waals surface area contributed by atoms with Gasteiger partial charge in [-0.05, 0) is 43.7 Å². The van der Waals surface area contributed by atoms with Gasteiger partial charge in [0, 0.05) is 31.7 Å². The lowest BCUT2D eigenvalue weighted by atomic mass is 9.95. The molecule has 3 N–H and O–H groups in total. The number of benzene rings is 1. The van der Waals surface area contributed by atoms with Gasteiger partial charge in [-0.15, -0.1) is 0 Å². The number of hydrogen-bond donors (Lipinski definition) is 2. The molecule has 2 bridgehead atoms. The molecule has 5 rings (SSSR count). The van der Waals surface area contributed by atoms with E-state index in [1.807, 2.05) is 4.90 Å². The van der Waals surface area contributed by atoms with Crippen LogP contribution in [0.5, 0.6) is 0 Å². The van der Waals surface area contributed by atoms with Gasteiger partial charge < -0.3 is 15.5 Å². The van der Waals surface area contributed by atoms with Crippen LogP contribution in [0.4, 0.5) is 5.82 Å². The second kappa shape index (κ2) is 7.50. The monoisotopic (exact) mass is 353 g/mol. The molecule has 3 fully saturated rings. The zero-order valence-corrected chi connectivity index (χ0v) is 15.1. The van der Waals surface area contributed by atoms with E-state index < -0.39 is 0 Å². The highest BCUT2D eigenvalue weighted by atomic mass is 16.2. The number of nitrogen functional groups attached to an aromatic ring is 1. The predicted molar refractivity (Wildman–Crippen MR) is 102 cm³/mol. The lowest BCUT2D eigenvalue weighted by Crippen LogP contribution is -2.47. The molecule has 0 aliphatic carbocycles. The number of aromatic amines is 1. The standard InChI is InChI=1S/C20H27N5O/c21-19-11-18(22-23-19)20(26)25-13-16-8-9-17(25)14-24(12-16)10-4-7-15-5-2-1-3-6-15/h1-3,5-6,11,16-17H,4,7-10,12-14H2,(H3,21,22,23)/t16-,17+/m0/s1. The van der Waals surface area contributed by atoms with Crippen LogP contribution in [-0.4, -0.2) is 58.1 Å². The zero-order chi connectivity index (χ0) is 17.9. The van der Waals surface area contributed by atoms with Gasteiger partial charge in [-0.25, -0.2) is 0 Å². The van der Waals surface area contributed by atoms with Crippen LogP contribution in [0.3, 0.4) is 0 Å². The Morgan fingerprint density at radius 1 is 1.19 bits per heavy atom. The third-order valence-corrected chi connectivity index (χ3v) is 5.66. The number of rotatable bonds is 5. The minimum Gasteiger partial charge on any atom is -0.382 e. The molecule has 3 aliphatic heterocycles. The summed E-state index contributed by atoms with van der Waals surface area (Å²) in [4.78, 5) is 17.4. The number of piperidine rings is 1. The van der Waals surface area contributed by atoms with Crippen LogP contribution in [0, 0.1) is 5.92 Å². The van der Waals surface area contributed by atoms with E-state index in [9.17, 15) is 4.79 Å². The molecule has 26 heavy (non-hydrogen) atoms. The highest BCUT2D eigenvalue weighted by Crippen LogP contribution is 2.29. The van der Waals surface area contributed by atoms with Gasteiger partial charge in [0.25, 0.3) is 5.91 Å². The number of nitrogens with zero attached hydrogens (tertiary/aromatic N) is 3. The number of carbonyl (C=O) groups excluding carboxylic acids is 1. The van der Waals surface area contributed by atoms with Crippen molar-refractivity contribution in [2.24, 2.45) is 5.92 Å². The van der Waals surface area contributed by atoms with Crippen molar-refractivity contribution in [2.45, 2.75) is 31.7 Å². The molecule has 1 aromatic carbocycles. The first-order chi connectivity index (χ1) is 12.7. The Kier molecular flexibility index (Phi) is 4.93. The average Bonchev–Trinajstić information content (AvgIpc) is 2.90. The molecule has 1 amide bonds. The maximum atomic E-state index is 12.8. The van der Waals surface area contributed by atoms with E-state index >= 15 is 0 Å². The lowest BCUT2D eigenvalue weighted by Gasteiger charge is -2.35. The van der Waals surface area contributed by atoms with Crippen molar-refractivity contribution in [3.8, 4) is 0 Å². The number of hydrogen-bond acceptors (Lipinski definition) is 4. The second-order valence-corrected chi connectivity index (χ2v) is 7.61. The molecule has 0 spiro atoms. The first-order valence-corrected chi connectivity index (χ1v) is 9.57. The minimum atomic E-state index is 0.0371. The summed E-state index contributed by atoms with van der Waals surface area (Å²) < 4.78 is 0. The highest BCUT2D eigenvalue weighted by molar-refractivity contribution is 5.93. The second-order valence-electron chi connectivity index (χ2n) is 7.61. The number of nitrogens with two attached hydrogens (primary N) is 1. The molecule has 3 aliphatic rings. The largest absolute Gasteiger partial charge is 0.382 e. The fourth-order valence-electron chi connectivity index (χ4n) is 4.36. The molecule has 2 atom stereocenters. The maximum Gasteiger partial charge on any atom is 0.272 e. The van der Waals surface area contributed by atoms with E-state index in [-0.39, 0.29) is 5.91 Å². The van der Waals surface area contributed by atoms with Crippen molar-refractivity contribution >= 4 is 11.7 Å². The fourth-order valence-corrected chi connectivity index (χ4v) is 4.36. The molecule has 0 unspecified atom stereocenters. The molecule has 6 nitrogen and oxygen atoms in total. The molecule has 6 heteroatoms. The number of amides is 1. The Balaban J connectivity index is 1.36. The van der Waals surface area contributed by atoms with Gasteiger partial charge in [0.05, 0.1) is 0 Å². The molecule has 138 valence electrons. The minimum absolute atomic E-state index is 0.0371. The van der Waals surface area contributed by atoms with Gasteiger partial charge in [-0.3, -0.25) is 9.89 Å². The number of anilines is 1. The van der Waals surface area contributed by atoms with Crippen LogP contribution in [-0.2, 0) is 6.42 Å². The van der Waals surface area contributed by atoms with Crippen LogP contribution < -0.4 is 5.73 Å². The Labute approximate surface area is 154 Å². The normalized spacial score (nSPS) is 23.2. The lowest BCUT2D eigenvalue weighted by molar-refractivity contribution is 0.0579. The van der Waals surface area contributed by atoms with Gasteiger partial charge in [-0.2, -0.15) is 5.10 Å². The summed E-state index contributed by atoms with van der Waals surface area (Å²) in [5, 5.41) is 6.66. The van der Waals surface area contributed by atoms with Crippen molar-refractivity contribution in [3.63, 3.8) is 0 Å². The van der Waals surface area contributed by atoms with E-state index in [1.165, 1.54) is 12.0 Å². The van der Waals surface area contributed by atoms with E-state index in [0.717, 1.165) is 45.4 Å². The summed E-state index contributed by atoms with van der Waals surface area (Å²) in [5.74, 6) is 0.973. The smallest absolute Gasteiger partial charge is 0.272 e. The van der Waals surface area contributed by atoms with Crippen LogP contribution in [0.2, 0.25) is 0 Å². The van der Waals surface area contributed by atoms with E-state index in [0.29, 0.717) is 23.5 Å². The first-order valence-electron chi connectivity index (χ1n) is 9.57. The molecule has 2 aromatic rings. The maximum absolute atomic E-state index is 12.8. The zero-order valence-electron chi connectivity index (χ0n) is 15.1. The third kappa shape index (κ3) is 3.75. The van der Waals surface area contributed by atoms with E-state index in [4.69, 9.17) is 5.73 Å². The summed E-state index contributed by atoms with van der Waals surface area (Å²) in [6.07, 6.45) is 4.58. The number of aryl methyl sites for hydroxylation is 1. The van der Waals surface area contributed by atoms with Crippen LogP contribution >= 0.6 is 0 Å². The fraction of sp³-hybridized carbons (Fsp3) is 0.500. The number of H-pyrrole nitrogens is 1. The third-order valence-electron chi connectivity index (χ3n) is 5.66. The predicted octanol–water partition coefficient (Wildman–Crippen LogP) is 2.16. The Hall–Kier alpha value is -2.34. The SMILES string of the molecule is Nc1cc(C(=O)N2C[C@H]3CC[C@@H]2CN(CCCc2ccccc2)C3)[nH]n1. The van der Waals surface area contributed by atoms with Gasteiger partial charge in [0.15, 0.2) is 0 Å². The Morgan fingerprint density at radius 2 is 2.04 bits per heavy atom. The Morgan fingerprint density at radius 3 is 2.81 bits per heavy atom. The van der Waals surface area contributed by atoms with Gasteiger partial charge in [0.1, 0.15) is 11.5 Å². The van der Waals surface area contributed by atoms with E-state index in [1.54, 1.807) is 6.07 Å². The molecule has 0 radical (unpaired) electrons. The van der Waals surface area contributed by atoms with Gasteiger partial charge in [0.2, 0.25) is 0 Å². The van der Waals surface area contributed by atoms with Crippen molar-refractivity contribution < 1.29 is 4.79 Å². The molecular formula is C20H27N5O. The molecule has 1 aromatic heterocycles. The van der Waals surface area contributed by atoms with Crippen molar-refractivity contribution in [1.82, 2.24) is 20.0 Å². The van der Waals surface area contributed by atoms with Crippen LogP contribution in [0.15, 0.2) is 36.4 Å². The number of carbonyl (C=O) groups is 1. The summed E-state index contributed by atoms with van der Waals surface area (Å²) in [5.41, 5.74) is 7.56. The van der Waals surface area contributed by atoms with E-state index in [2.05, 4.69) is 45.4 Å². The molecular weight excluding hydrogens is 326 g/mol. The quantitative estimate of drug-likeness (QED) is 0.863. The topological polar surface area (TPSA) is 78.3 Å².